The normalized spacial score (nSPS) is 11.8. The molecule has 2 aromatic carbocycles. The Morgan fingerprint density at radius 3 is 2.23 bits per heavy atom. The zero-order valence-corrected chi connectivity index (χ0v) is 12.7. The topological polar surface area (TPSA) is 17.1 Å². The van der Waals surface area contributed by atoms with Gasteiger partial charge in [0.05, 0.1) is 9.77 Å². The first-order valence-corrected chi connectivity index (χ1v) is 7.96. The Hall–Kier alpha value is -1.79. The van der Waals surface area contributed by atoms with E-state index in [1.54, 1.807) is 54.6 Å². The van der Waals surface area contributed by atoms with Crippen molar-refractivity contribution in [2.24, 2.45) is 0 Å². The number of benzene rings is 2. The fraction of sp³-hybridized carbons (Fsp3) is 0.0625. The van der Waals surface area contributed by atoms with E-state index in [2.05, 4.69) is 0 Å². The summed E-state index contributed by atoms with van der Waals surface area (Å²) in [6.07, 6.45) is 0. The van der Waals surface area contributed by atoms with Crippen molar-refractivity contribution in [3.05, 3.63) is 64.8 Å². The third kappa shape index (κ3) is 3.03. The molecule has 1 heterocycles. The van der Waals surface area contributed by atoms with Gasteiger partial charge in [0.2, 0.25) is 5.43 Å². The molecule has 0 aliphatic rings. The van der Waals surface area contributed by atoms with Crippen molar-refractivity contribution in [2.75, 3.05) is 0 Å². The molecule has 0 atom stereocenters. The summed E-state index contributed by atoms with van der Waals surface area (Å²) < 4.78 is 39.2. The van der Waals surface area contributed by atoms with E-state index in [0.29, 0.717) is 20.5 Å². The second-order valence-corrected chi connectivity index (χ2v) is 6.63. The molecule has 22 heavy (non-hydrogen) atoms. The van der Waals surface area contributed by atoms with E-state index in [1.807, 2.05) is 0 Å². The van der Waals surface area contributed by atoms with Gasteiger partial charge in [-0.2, -0.15) is 13.2 Å². The minimum Gasteiger partial charge on any atom is -0.288 e. The lowest BCUT2D eigenvalue weighted by Gasteiger charge is -2.11. The van der Waals surface area contributed by atoms with Gasteiger partial charge in [-0.15, -0.1) is 11.3 Å². The minimum atomic E-state index is -4.50. The highest BCUT2D eigenvalue weighted by atomic mass is 32.2. The molecule has 0 amide bonds. The Morgan fingerprint density at radius 1 is 0.909 bits per heavy atom. The maximum absolute atomic E-state index is 12.8. The van der Waals surface area contributed by atoms with Crippen LogP contribution >= 0.6 is 23.1 Å². The maximum Gasteiger partial charge on any atom is 0.446 e. The quantitative estimate of drug-likeness (QED) is 0.571. The molecule has 1 nitrogen and oxygen atoms in total. The summed E-state index contributed by atoms with van der Waals surface area (Å²) in [6, 6.07) is 15.4. The van der Waals surface area contributed by atoms with Crippen molar-refractivity contribution in [3.63, 3.8) is 0 Å². The average Bonchev–Trinajstić information content (AvgIpc) is 2.50. The van der Waals surface area contributed by atoms with Crippen LogP contribution in [-0.4, -0.2) is 5.51 Å². The van der Waals surface area contributed by atoms with Gasteiger partial charge in [0.15, 0.2) is 0 Å². The molecule has 0 aliphatic heterocycles. The van der Waals surface area contributed by atoms with Gasteiger partial charge >= 0.3 is 5.51 Å². The summed E-state index contributed by atoms with van der Waals surface area (Å²) in [5.41, 5.74) is -4.46. The molecule has 1 aromatic heterocycles. The molecule has 0 unspecified atom stereocenters. The van der Waals surface area contributed by atoms with Crippen molar-refractivity contribution in [1.29, 1.82) is 0 Å². The highest BCUT2D eigenvalue weighted by Gasteiger charge is 2.32. The van der Waals surface area contributed by atoms with Crippen LogP contribution in [0.3, 0.4) is 0 Å². The molecule has 0 saturated carbocycles. The van der Waals surface area contributed by atoms with Gasteiger partial charge in [0, 0.05) is 10.1 Å². The van der Waals surface area contributed by atoms with Gasteiger partial charge in [0.25, 0.3) is 0 Å². The van der Waals surface area contributed by atoms with Gasteiger partial charge in [-0.1, -0.05) is 42.5 Å². The van der Waals surface area contributed by atoms with Gasteiger partial charge < -0.3 is 0 Å². The molecule has 0 saturated heterocycles. The molecule has 112 valence electrons. The van der Waals surface area contributed by atoms with E-state index in [9.17, 15) is 18.0 Å². The summed E-state index contributed by atoms with van der Waals surface area (Å²) >= 11 is 0.862. The monoisotopic (exact) mass is 338 g/mol. The van der Waals surface area contributed by atoms with Crippen LogP contribution in [0, 0.1) is 0 Å². The Morgan fingerprint density at radius 2 is 1.55 bits per heavy atom. The zero-order valence-electron chi connectivity index (χ0n) is 11.1. The largest absolute Gasteiger partial charge is 0.446 e. The number of thioether (sulfide) groups is 1. The fourth-order valence-corrected chi connectivity index (χ4v) is 4.08. The van der Waals surface area contributed by atoms with Crippen molar-refractivity contribution >= 4 is 33.2 Å². The first-order chi connectivity index (χ1) is 10.5. The number of halogens is 3. The summed E-state index contributed by atoms with van der Waals surface area (Å²) in [7, 11) is 0. The van der Waals surface area contributed by atoms with Crippen LogP contribution in [0.4, 0.5) is 13.2 Å². The van der Waals surface area contributed by atoms with Crippen LogP contribution in [0.2, 0.25) is 0 Å². The molecular weight excluding hydrogens is 329 g/mol. The van der Waals surface area contributed by atoms with Gasteiger partial charge in [-0.25, -0.2) is 0 Å². The van der Waals surface area contributed by atoms with Gasteiger partial charge in [-0.05, 0) is 29.5 Å². The first-order valence-electron chi connectivity index (χ1n) is 6.33. The maximum atomic E-state index is 12.8. The van der Waals surface area contributed by atoms with Gasteiger partial charge in [-0.3, -0.25) is 4.79 Å². The molecule has 3 aromatic rings. The van der Waals surface area contributed by atoms with Crippen LogP contribution in [0.25, 0.3) is 20.5 Å². The average molecular weight is 338 g/mol. The molecule has 0 radical (unpaired) electrons. The Labute approximate surface area is 132 Å². The second kappa shape index (κ2) is 5.78. The van der Waals surface area contributed by atoms with Crippen LogP contribution in [0.1, 0.15) is 0 Å². The van der Waals surface area contributed by atoms with Crippen LogP contribution in [0.5, 0.6) is 0 Å². The van der Waals surface area contributed by atoms with Crippen molar-refractivity contribution in [3.8, 4) is 10.4 Å². The van der Waals surface area contributed by atoms with Crippen LogP contribution < -0.4 is 5.43 Å². The number of fused-ring (bicyclic) bond motifs is 1. The zero-order chi connectivity index (χ0) is 15.7. The molecule has 0 fully saturated rings. The van der Waals surface area contributed by atoms with E-state index < -0.39 is 10.9 Å². The third-order valence-corrected chi connectivity index (χ3v) is 5.18. The number of rotatable bonds is 2. The Kier molecular flexibility index (Phi) is 3.97. The lowest BCUT2D eigenvalue weighted by Crippen LogP contribution is -2.10. The van der Waals surface area contributed by atoms with Gasteiger partial charge in [0.1, 0.15) is 0 Å². The lowest BCUT2D eigenvalue weighted by molar-refractivity contribution is -0.0328. The summed E-state index contributed by atoms with van der Waals surface area (Å²) in [5.74, 6) is 0. The molecule has 6 heteroatoms. The summed E-state index contributed by atoms with van der Waals surface area (Å²) in [5, 5.41) is 0.318. The standard InChI is InChI=1S/C16H9F3OS2/c17-16(18,19)22-15-13(20)11-8-4-5-9-12(11)21-14(15)10-6-2-1-3-7-10/h1-9H. The smallest absolute Gasteiger partial charge is 0.288 e. The van der Waals surface area contributed by atoms with E-state index in [0.717, 1.165) is 0 Å². The highest BCUT2D eigenvalue weighted by Crippen LogP contribution is 2.43. The van der Waals surface area contributed by atoms with Crippen molar-refractivity contribution in [1.82, 2.24) is 0 Å². The van der Waals surface area contributed by atoms with E-state index in [-0.39, 0.29) is 16.7 Å². The molecule has 0 bridgehead atoms. The molecule has 0 aliphatic carbocycles. The summed E-state index contributed by atoms with van der Waals surface area (Å²) in [6.45, 7) is 0. The number of alkyl halides is 3. The molecule has 0 spiro atoms. The molecular formula is C16H9F3OS2. The van der Waals surface area contributed by atoms with E-state index in [4.69, 9.17) is 0 Å². The van der Waals surface area contributed by atoms with Crippen molar-refractivity contribution < 1.29 is 13.2 Å². The number of hydrogen-bond acceptors (Lipinski definition) is 3. The van der Waals surface area contributed by atoms with Crippen LogP contribution in [0.15, 0.2) is 64.3 Å². The SMILES string of the molecule is O=c1c(SC(F)(F)F)c(-c2ccccc2)sc2ccccc12. The van der Waals surface area contributed by atoms with Crippen LogP contribution in [-0.2, 0) is 0 Å². The minimum absolute atomic E-state index is 0.262. The first kappa shape index (κ1) is 15.1. The summed E-state index contributed by atoms with van der Waals surface area (Å²) in [4.78, 5) is 12.6. The fourth-order valence-electron chi connectivity index (χ4n) is 2.11. The second-order valence-electron chi connectivity index (χ2n) is 4.50. The van der Waals surface area contributed by atoms with E-state index >= 15 is 0 Å². The third-order valence-electron chi connectivity index (χ3n) is 3.01. The predicted molar refractivity (Wildman–Crippen MR) is 85.4 cm³/mol. The van der Waals surface area contributed by atoms with E-state index in [1.165, 1.54) is 11.3 Å². The highest BCUT2D eigenvalue weighted by molar-refractivity contribution is 8.00. The Bertz CT molecular complexity index is 870. The Balaban J connectivity index is 2.33. The van der Waals surface area contributed by atoms with Crippen molar-refractivity contribution in [2.45, 2.75) is 10.4 Å². The lowest BCUT2D eigenvalue weighted by atomic mass is 10.1. The molecule has 0 N–H and O–H groups in total. The number of hydrogen-bond donors (Lipinski definition) is 0. The molecule has 3 rings (SSSR count). The predicted octanol–water partition coefficient (Wildman–Crippen LogP) is 5.54.